The first-order chi connectivity index (χ1) is 25.8. The maximum atomic E-state index is 14.1. The Morgan fingerprint density at radius 3 is 2.08 bits per heavy atom. The monoisotopic (exact) mass is 708 g/mol. The van der Waals surface area contributed by atoms with E-state index in [1.54, 1.807) is 35.0 Å². The van der Waals surface area contributed by atoms with Crippen LogP contribution >= 0.6 is 0 Å². The van der Waals surface area contributed by atoms with Gasteiger partial charge < -0.3 is 15.5 Å². The van der Waals surface area contributed by atoms with Crippen LogP contribution < -0.4 is 15.5 Å². The number of ketones is 1. The molecule has 0 heterocycles. The average molecular weight is 709 g/mol. The van der Waals surface area contributed by atoms with Crippen LogP contribution in [0, 0.1) is 0 Å². The standard InChI is InChI=1S/C46H52N4O3/c1-4-5-6-7-16-31-47-46(53)50(3)40-23-17-22-39(34-40)37-28-26-36(27-29-37)33-43(45(52)49(2)32-30-35-18-10-8-11-19-35)48-42-25-15-14-24-41(42)44(51)38-20-12-9-13-21-38/h8-15,17-29,34,43,48H,4-7,16,30-33H2,1-3H3,(H,47,53). The largest absolute Gasteiger partial charge is 0.373 e. The first-order valence-corrected chi connectivity index (χ1v) is 18.8. The second-order valence-electron chi connectivity index (χ2n) is 13.6. The van der Waals surface area contributed by atoms with Gasteiger partial charge in [-0.25, -0.2) is 4.79 Å². The van der Waals surface area contributed by atoms with Gasteiger partial charge in [-0.3, -0.25) is 14.5 Å². The molecule has 5 aromatic rings. The minimum atomic E-state index is -0.617. The lowest BCUT2D eigenvalue weighted by molar-refractivity contribution is -0.130. The van der Waals surface area contributed by atoms with Crippen molar-refractivity contribution in [1.82, 2.24) is 10.2 Å². The molecule has 0 aliphatic carbocycles. The van der Waals surface area contributed by atoms with E-state index in [1.807, 2.05) is 98.0 Å². The molecule has 0 saturated carbocycles. The molecule has 0 bridgehead atoms. The lowest BCUT2D eigenvalue weighted by atomic mass is 9.98. The number of para-hydroxylation sites is 1. The minimum absolute atomic E-state index is 0.0538. The van der Waals surface area contributed by atoms with Gasteiger partial charge in [0.25, 0.3) is 0 Å². The summed E-state index contributed by atoms with van der Waals surface area (Å²) in [6.07, 6.45) is 6.90. The summed E-state index contributed by atoms with van der Waals surface area (Å²) >= 11 is 0. The molecule has 1 unspecified atom stereocenters. The summed E-state index contributed by atoms with van der Waals surface area (Å²) in [5.41, 5.74) is 6.69. The second kappa shape index (κ2) is 19.8. The quantitative estimate of drug-likeness (QED) is 0.0702. The molecule has 0 fully saturated rings. The number of urea groups is 1. The molecule has 0 aromatic heterocycles. The molecular formula is C46H52N4O3. The number of nitrogens with zero attached hydrogens (tertiary/aromatic N) is 2. The SMILES string of the molecule is CCCCCCCNC(=O)N(C)c1cccc(-c2ccc(CC(Nc3ccccc3C(=O)c3ccccc3)C(=O)N(C)CCc3ccccc3)cc2)c1. The zero-order chi connectivity index (χ0) is 37.4. The van der Waals surface area contributed by atoms with E-state index >= 15 is 0 Å². The summed E-state index contributed by atoms with van der Waals surface area (Å²) < 4.78 is 0. The maximum absolute atomic E-state index is 14.1. The van der Waals surface area contributed by atoms with E-state index in [4.69, 9.17) is 0 Å². The average Bonchev–Trinajstić information content (AvgIpc) is 3.21. The zero-order valence-electron chi connectivity index (χ0n) is 31.3. The zero-order valence-corrected chi connectivity index (χ0v) is 31.3. The number of hydrogen-bond donors (Lipinski definition) is 2. The minimum Gasteiger partial charge on any atom is -0.373 e. The first kappa shape index (κ1) is 38.5. The molecule has 1 atom stereocenters. The third kappa shape index (κ3) is 11.1. The molecule has 2 N–H and O–H groups in total. The number of nitrogens with one attached hydrogen (secondary N) is 2. The topological polar surface area (TPSA) is 81.8 Å². The fourth-order valence-corrected chi connectivity index (χ4v) is 6.38. The van der Waals surface area contributed by atoms with Crippen LogP contribution in [0.15, 0.2) is 133 Å². The summed E-state index contributed by atoms with van der Waals surface area (Å²) in [5.74, 6) is -0.156. The Labute approximate surface area is 315 Å². The predicted molar refractivity (Wildman–Crippen MR) is 218 cm³/mol. The smallest absolute Gasteiger partial charge is 0.321 e. The lowest BCUT2D eigenvalue weighted by Crippen LogP contribution is -2.43. The fourth-order valence-electron chi connectivity index (χ4n) is 6.38. The van der Waals surface area contributed by atoms with Crippen molar-refractivity contribution in [2.45, 2.75) is 57.9 Å². The Kier molecular flexibility index (Phi) is 14.4. The molecular weight excluding hydrogens is 657 g/mol. The molecule has 0 saturated heterocycles. The molecule has 0 spiro atoms. The van der Waals surface area contributed by atoms with Crippen molar-refractivity contribution in [3.63, 3.8) is 0 Å². The van der Waals surface area contributed by atoms with E-state index in [0.29, 0.717) is 36.3 Å². The van der Waals surface area contributed by atoms with E-state index in [1.165, 1.54) is 24.8 Å². The number of anilines is 2. The molecule has 0 aliphatic rings. The van der Waals surface area contributed by atoms with E-state index in [9.17, 15) is 14.4 Å². The normalized spacial score (nSPS) is 11.4. The highest BCUT2D eigenvalue weighted by Crippen LogP contribution is 2.26. The second-order valence-corrected chi connectivity index (χ2v) is 13.6. The number of unbranched alkanes of at least 4 members (excludes halogenated alkanes) is 4. The van der Waals surface area contributed by atoms with Crippen molar-refractivity contribution in [2.75, 3.05) is 37.4 Å². The van der Waals surface area contributed by atoms with Gasteiger partial charge in [-0.05, 0) is 59.4 Å². The third-order valence-corrected chi connectivity index (χ3v) is 9.61. The van der Waals surface area contributed by atoms with Crippen LogP contribution in [0.5, 0.6) is 0 Å². The van der Waals surface area contributed by atoms with Crippen molar-refractivity contribution in [1.29, 1.82) is 0 Å². The molecule has 0 aliphatic heterocycles. The van der Waals surface area contributed by atoms with Crippen molar-refractivity contribution < 1.29 is 14.4 Å². The highest BCUT2D eigenvalue weighted by molar-refractivity contribution is 6.12. The molecule has 5 rings (SSSR count). The Bertz CT molecular complexity index is 1910. The highest BCUT2D eigenvalue weighted by Gasteiger charge is 2.25. The lowest BCUT2D eigenvalue weighted by Gasteiger charge is -2.26. The Hall–Kier alpha value is -5.69. The van der Waals surface area contributed by atoms with Gasteiger partial charge in [0.15, 0.2) is 5.78 Å². The van der Waals surface area contributed by atoms with Crippen LogP contribution in [-0.4, -0.2) is 55.8 Å². The summed E-state index contributed by atoms with van der Waals surface area (Å²) in [5, 5.41) is 6.52. The van der Waals surface area contributed by atoms with Crippen LogP contribution in [0.1, 0.15) is 66.1 Å². The van der Waals surface area contributed by atoms with Gasteiger partial charge in [0.2, 0.25) is 5.91 Å². The van der Waals surface area contributed by atoms with Crippen molar-refractivity contribution in [3.8, 4) is 11.1 Å². The number of hydrogen-bond acceptors (Lipinski definition) is 4. The Balaban J connectivity index is 1.31. The van der Waals surface area contributed by atoms with Gasteiger partial charge in [-0.15, -0.1) is 0 Å². The van der Waals surface area contributed by atoms with E-state index in [0.717, 1.165) is 41.6 Å². The van der Waals surface area contributed by atoms with Gasteiger partial charge in [0, 0.05) is 56.1 Å². The number of rotatable bonds is 18. The molecule has 7 heteroatoms. The Morgan fingerprint density at radius 2 is 1.34 bits per heavy atom. The number of carbonyl (C=O) groups excluding carboxylic acids is 3. The first-order valence-electron chi connectivity index (χ1n) is 18.8. The van der Waals surface area contributed by atoms with E-state index < -0.39 is 6.04 Å². The van der Waals surface area contributed by atoms with Crippen molar-refractivity contribution in [2.24, 2.45) is 0 Å². The van der Waals surface area contributed by atoms with Crippen LogP contribution in [0.2, 0.25) is 0 Å². The van der Waals surface area contributed by atoms with Gasteiger partial charge in [-0.1, -0.05) is 142 Å². The predicted octanol–water partition coefficient (Wildman–Crippen LogP) is 9.43. The molecule has 3 amide bonds. The van der Waals surface area contributed by atoms with Gasteiger partial charge in [0.05, 0.1) is 0 Å². The van der Waals surface area contributed by atoms with Crippen molar-refractivity contribution in [3.05, 3.63) is 156 Å². The molecule has 53 heavy (non-hydrogen) atoms. The van der Waals surface area contributed by atoms with Crippen LogP contribution in [0.25, 0.3) is 11.1 Å². The fraction of sp³-hybridized carbons (Fsp3) is 0.283. The number of amides is 3. The number of carbonyl (C=O) groups is 3. The molecule has 7 nitrogen and oxygen atoms in total. The maximum Gasteiger partial charge on any atom is 0.321 e. The van der Waals surface area contributed by atoms with E-state index in [-0.39, 0.29) is 17.7 Å². The van der Waals surface area contributed by atoms with Gasteiger partial charge in [-0.2, -0.15) is 0 Å². The van der Waals surface area contributed by atoms with Crippen LogP contribution in [-0.2, 0) is 17.6 Å². The third-order valence-electron chi connectivity index (χ3n) is 9.61. The molecule has 5 aromatic carbocycles. The summed E-state index contributed by atoms with van der Waals surface area (Å²) in [4.78, 5) is 44.0. The molecule has 274 valence electrons. The van der Waals surface area contributed by atoms with Crippen LogP contribution in [0.4, 0.5) is 16.2 Å². The highest BCUT2D eigenvalue weighted by atomic mass is 16.2. The molecule has 0 radical (unpaired) electrons. The van der Waals surface area contributed by atoms with Crippen molar-refractivity contribution >= 4 is 29.1 Å². The summed E-state index contributed by atoms with van der Waals surface area (Å²) in [6.45, 7) is 3.43. The van der Waals surface area contributed by atoms with E-state index in [2.05, 4.69) is 41.8 Å². The summed E-state index contributed by atoms with van der Waals surface area (Å²) in [7, 11) is 3.63. The van der Waals surface area contributed by atoms with Gasteiger partial charge in [0.1, 0.15) is 6.04 Å². The number of likely N-dealkylation sites (N-methyl/N-ethyl adjacent to an activating group) is 1. The Morgan fingerprint density at radius 1 is 0.660 bits per heavy atom. The van der Waals surface area contributed by atoms with Gasteiger partial charge >= 0.3 is 6.03 Å². The number of benzene rings is 5. The van der Waals surface area contributed by atoms with Crippen LogP contribution in [0.3, 0.4) is 0 Å². The summed E-state index contributed by atoms with van der Waals surface area (Å²) in [6, 6.07) is 42.2.